The molecule has 7 heteroatoms. The van der Waals surface area contributed by atoms with Gasteiger partial charge >= 0.3 is 0 Å². The lowest BCUT2D eigenvalue weighted by Crippen LogP contribution is -2.50. The third kappa shape index (κ3) is 4.61. The first-order chi connectivity index (χ1) is 12.9. The number of piperazine rings is 1. The van der Waals surface area contributed by atoms with Crippen molar-refractivity contribution in [1.82, 2.24) is 19.8 Å². The summed E-state index contributed by atoms with van der Waals surface area (Å²) in [4.78, 5) is 36.5. The highest BCUT2D eigenvalue weighted by atomic mass is 16.2. The molecule has 1 saturated heterocycles. The SMILES string of the molecule is CC(=O)N1CCN(C(=O)c2cc(NC(C)c3ccccc3)nc(C)n2)CC1. The third-order valence-corrected chi connectivity index (χ3v) is 4.73. The van der Waals surface area contributed by atoms with Gasteiger partial charge in [0.1, 0.15) is 17.3 Å². The molecular formula is C20H25N5O2. The highest BCUT2D eigenvalue weighted by Crippen LogP contribution is 2.19. The number of nitrogens with one attached hydrogen (secondary N) is 1. The Morgan fingerprint density at radius 3 is 2.30 bits per heavy atom. The number of amides is 2. The van der Waals surface area contributed by atoms with Gasteiger partial charge in [0.2, 0.25) is 5.91 Å². The Kier molecular flexibility index (Phi) is 5.69. The number of benzene rings is 1. The summed E-state index contributed by atoms with van der Waals surface area (Å²) in [5.74, 6) is 1.09. The minimum absolute atomic E-state index is 0.0429. The van der Waals surface area contributed by atoms with Crippen LogP contribution in [0.25, 0.3) is 0 Å². The first-order valence-corrected chi connectivity index (χ1v) is 9.16. The van der Waals surface area contributed by atoms with Gasteiger partial charge in [-0.25, -0.2) is 9.97 Å². The molecule has 3 rings (SSSR count). The number of carbonyl (C=O) groups is 2. The van der Waals surface area contributed by atoms with Crippen LogP contribution in [0.15, 0.2) is 36.4 Å². The maximum Gasteiger partial charge on any atom is 0.272 e. The number of aromatic nitrogens is 2. The Morgan fingerprint density at radius 2 is 1.67 bits per heavy atom. The molecule has 0 aliphatic carbocycles. The Morgan fingerprint density at radius 1 is 1.04 bits per heavy atom. The fourth-order valence-electron chi connectivity index (χ4n) is 3.18. The van der Waals surface area contributed by atoms with Crippen LogP contribution < -0.4 is 5.32 Å². The Hall–Kier alpha value is -2.96. The number of rotatable bonds is 4. The van der Waals surface area contributed by atoms with Gasteiger partial charge in [0.05, 0.1) is 0 Å². The fourth-order valence-corrected chi connectivity index (χ4v) is 3.18. The molecule has 1 aliphatic heterocycles. The van der Waals surface area contributed by atoms with E-state index < -0.39 is 0 Å². The molecule has 0 spiro atoms. The molecule has 27 heavy (non-hydrogen) atoms. The largest absolute Gasteiger partial charge is 0.363 e. The topological polar surface area (TPSA) is 78.4 Å². The van der Waals surface area contributed by atoms with Crippen LogP contribution in [0.5, 0.6) is 0 Å². The number of hydrogen-bond acceptors (Lipinski definition) is 5. The number of anilines is 1. The van der Waals surface area contributed by atoms with E-state index in [1.807, 2.05) is 30.3 Å². The molecule has 0 radical (unpaired) electrons. The van der Waals surface area contributed by atoms with E-state index in [0.29, 0.717) is 43.5 Å². The molecule has 2 heterocycles. The van der Waals surface area contributed by atoms with E-state index in [1.165, 1.54) is 0 Å². The second kappa shape index (κ2) is 8.16. The quantitative estimate of drug-likeness (QED) is 0.897. The third-order valence-electron chi connectivity index (χ3n) is 4.73. The summed E-state index contributed by atoms with van der Waals surface area (Å²) < 4.78 is 0. The van der Waals surface area contributed by atoms with Crippen LogP contribution in [0.3, 0.4) is 0 Å². The van der Waals surface area contributed by atoms with E-state index in [4.69, 9.17) is 0 Å². The van der Waals surface area contributed by atoms with Crippen LogP contribution in [0.1, 0.15) is 41.8 Å². The molecule has 0 saturated carbocycles. The number of nitrogens with zero attached hydrogens (tertiary/aromatic N) is 4. The molecule has 1 N–H and O–H groups in total. The van der Waals surface area contributed by atoms with Crippen LogP contribution in [0, 0.1) is 6.92 Å². The molecule has 7 nitrogen and oxygen atoms in total. The van der Waals surface area contributed by atoms with Crippen LogP contribution in [0.4, 0.5) is 5.82 Å². The summed E-state index contributed by atoms with van der Waals surface area (Å²) in [6.45, 7) is 7.53. The van der Waals surface area contributed by atoms with E-state index >= 15 is 0 Å². The van der Waals surface area contributed by atoms with E-state index in [-0.39, 0.29) is 17.9 Å². The molecule has 1 aromatic heterocycles. The Labute approximate surface area is 159 Å². The van der Waals surface area contributed by atoms with Crippen LogP contribution in [-0.2, 0) is 4.79 Å². The van der Waals surface area contributed by atoms with Crippen molar-refractivity contribution in [3.63, 3.8) is 0 Å². The first-order valence-electron chi connectivity index (χ1n) is 9.16. The van der Waals surface area contributed by atoms with Crippen LogP contribution >= 0.6 is 0 Å². The molecular weight excluding hydrogens is 342 g/mol. The average molecular weight is 367 g/mol. The van der Waals surface area contributed by atoms with Gasteiger partial charge in [-0.05, 0) is 19.4 Å². The number of hydrogen-bond donors (Lipinski definition) is 1. The molecule has 1 fully saturated rings. The molecule has 142 valence electrons. The molecule has 1 unspecified atom stereocenters. The molecule has 2 amide bonds. The van der Waals surface area contributed by atoms with E-state index in [0.717, 1.165) is 5.56 Å². The van der Waals surface area contributed by atoms with E-state index in [9.17, 15) is 9.59 Å². The maximum absolute atomic E-state index is 12.8. The first kappa shape index (κ1) is 18.8. The maximum atomic E-state index is 12.8. The second-order valence-corrected chi connectivity index (χ2v) is 6.76. The van der Waals surface area contributed by atoms with Gasteiger partial charge in [-0.3, -0.25) is 9.59 Å². The summed E-state index contributed by atoms with van der Waals surface area (Å²) in [5.41, 5.74) is 1.52. The summed E-state index contributed by atoms with van der Waals surface area (Å²) in [6.07, 6.45) is 0. The van der Waals surface area contributed by atoms with Crippen LogP contribution in [-0.4, -0.2) is 57.8 Å². The molecule has 1 atom stereocenters. The minimum Gasteiger partial charge on any atom is -0.363 e. The molecule has 1 aromatic carbocycles. The lowest BCUT2D eigenvalue weighted by atomic mass is 10.1. The normalized spacial score (nSPS) is 15.4. The standard InChI is InChI=1S/C20H25N5O2/c1-14(17-7-5-4-6-8-17)21-19-13-18(22-15(2)23-19)20(27)25-11-9-24(10-12-25)16(3)26/h4-8,13-14H,9-12H2,1-3H3,(H,21,22,23). The predicted octanol–water partition coefficient (Wildman–Crippen LogP) is 2.26. The monoisotopic (exact) mass is 367 g/mol. The Balaban J connectivity index is 1.71. The fraction of sp³-hybridized carbons (Fsp3) is 0.400. The summed E-state index contributed by atoms with van der Waals surface area (Å²) in [6, 6.07) is 11.8. The smallest absolute Gasteiger partial charge is 0.272 e. The molecule has 2 aromatic rings. The summed E-state index contributed by atoms with van der Waals surface area (Å²) in [5, 5.41) is 3.34. The van der Waals surface area contributed by atoms with Crippen molar-refractivity contribution in [3.8, 4) is 0 Å². The van der Waals surface area contributed by atoms with E-state index in [1.54, 1.807) is 29.7 Å². The van der Waals surface area contributed by atoms with Crippen molar-refractivity contribution >= 4 is 17.6 Å². The van der Waals surface area contributed by atoms with Gasteiger partial charge in [-0.1, -0.05) is 30.3 Å². The molecule has 0 bridgehead atoms. The summed E-state index contributed by atoms with van der Waals surface area (Å²) >= 11 is 0. The zero-order valence-electron chi connectivity index (χ0n) is 16.0. The van der Waals surface area contributed by atoms with Crippen LogP contribution in [0.2, 0.25) is 0 Å². The zero-order chi connectivity index (χ0) is 19.4. The van der Waals surface area contributed by atoms with Crippen molar-refractivity contribution < 1.29 is 9.59 Å². The zero-order valence-corrected chi connectivity index (χ0v) is 16.0. The van der Waals surface area contributed by atoms with Gasteiger partial charge in [0.15, 0.2) is 0 Å². The van der Waals surface area contributed by atoms with Crippen molar-refractivity contribution in [2.75, 3.05) is 31.5 Å². The van der Waals surface area contributed by atoms with Gasteiger partial charge in [0, 0.05) is 45.2 Å². The number of carbonyl (C=O) groups excluding carboxylic acids is 2. The van der Waals surface area contributed by atoms with Crippen molar-refractivity contribution in [3.05, 3.63) is 53.5 Å². The van der Waals surface area contributed by atoms with Gasteiger partial charge < -0.3 is 15.1 Å². The van der Waals surface area contributed by atoms with Crippen molar-refractivity contribution in [2.24, 2.45) is 0 Å². The van der Waals surface area contributed by atoms with Gasteiger partial charge in [-0.15, -0.1) is 0 Å². The lowest BCUT2D eigenvalue weighted by Gasteiger charge is -2.34. The lowest BCUT2D eigenvalue weighted by molar-refractivity contribution is -0.130. The van der Waals surface area contributed by atoms with Crippen molar-refractivity contribution in [2.45, 2.75) is 26.8 Å². The second-order valence-electron chi connectivity index (χ2n) is 6.76. The van der Waals surface area contributed by atoms with Gasteiger partial charge in [-0.2, -0.15) is 0 Å². The minimum atomic E-state index is -0.126. The predicted molar refractivity (Wildman–Crippen MR) is 103 cm³/mol. The highest BCUT2D eigenvalue weighted by molar-refractivity contribution is 5.93. The number of aryl methyl sites for hydroxylation is 1. The average Bonchev–Trinajstić information content (AvgIpc) is 2.67. The van der Waals surface area contributed by atoms with E-state index in [2.05, 4.69) is 22.2 Å². The van der Waals surface area contributed by atoms with Gasteiger partial charge in [0.25, 0.3) is 5.91 Å². The van der Waals surface area contributed by atoms with Crippen molar-refractivity contribution in [1.29, 1.82) is 0 Å². The Bertz CT molecular complexity index is 816. The summed E-state index contributed by atoms with van der Waals surface area (Å²) in [7, 11) is 0. The molecule has 1 aliphatic rings. The highest BCUT2D eigenvalue weighted by Gasteiger charge is 2.24.